The number of benzene rings is 1. The summed E-state index contributed by atoms with van der Waals surface area (Å²) in [4.78, 5) is 0. The van der Waals surface area contributed by atoms with Gasteiger partial charge in [-0.15, -0.1) is 0 Å². The fraction of sp³-hybridized carbons (Fsp3) is 0.739. The van der Waals surface area contributed by atoms with E-state index in [1.807, 2.05) is 6.07 Å². The van der Waals surface area contributed by atoms with Gasteiger partial charge in [0.2, 0.25) is 0 Å². The van der Waals surface area contributed by atoms with Crippen molar-refractivity contribution < 1.29 is 31.3 Å². The maximum Gasteiger partial charge on any atom is 0.116 e. The van der Waals surface area contributed by atoms with E-state index in [0.29, 0.717) is 18.6 Å². The molecule has 0 aromatic heterocycles. The second kappa shape index (κ2) is 7.78. The number of nitrogens with zero attached hydrogens (tertiary/aromatic N) is 1. The van der Waals surface area contributed by atoms with E-state index < -0.39 is 5.60 Å². The van der Waals surface area contributed by atoms with Gasteiger partial charge in [0.05, 0.1) is 25.7 Å². The van der Waals surface area contributed by atoms with Crippen LogP contribution in [0.4, 0.5) is 0 Å². The maximum atomic E-state index is 11.7. The van der Waals surface area contributed by atoms with E-state index in [-0.39, 0.29) is 17.0 Å². The molecule has 3 heterocycles. The van der Waals surface area contributed by atoms with Gasteiger partial charge in [-0.3, -0.25) is 0 Å². The topological polar surface area (TPSA) is 29.5 Å². The van der Waals surface area contributed by atoms with E-state index in [0.717, 1.165) is 30.4 Å². The number of hydrogen-bond donors (Lipinski definition) is 1. The zero-order valence-corrected chi connectivity index (χ0v) is 17.9. The zero-order chi connectivity index (χ0) is 17.6. The molecule has 27 heavy (non-hydrogen) atoms. The smallest absolute Gasteiger partial charge is 0.116 e. The van der Waals surface area contributed by atoms with E-state index in [1.54, 1.807) is 0 Å². The molecule has 3 saturated heterocycles. The third kappa shape index (κ3) is 3.63. The molecule has 5 fully saturated rings. The number of fused-ring (bicyclic) bond motifs is 3. The first-order chi connectivity index (χ1) is 12.7. The molecule has 1 N–H and O–H groups in total. The third-order valence-corrected chi connectivity index (χ3v) is 8.10. The first-order valence-electron chi connectivity index (χ1n) is 10.9. The van der Waals surface area contributed by atoms with Crippen LogP contribution in [0.15, 0.2) is 30.3 Å². The highest BCUT2D eigenvalue weighted by molar-refractivity contribution is 5.24. The van der Waals surface area contributed by atoms with Crippen molar-refractivity contribution in [1.29, 1.82) is 0 Å². The minimum atomic E-state index is -0.811. The predicted octanol–water partition coefficient (Wildman–Crippen LogP) is 0.856. The molecule has 6 rings (SSSR count). The molecule has 4 heteroatoms. The van der Waals surface area contributed by atoms with E-state index >= 15 is 0 Å². The average Bonchev–Trinajstić information content (AvgIpc) is 3.43. The Morgan fingerprint density at radius 3 is 2.26 bits per heavy atom. The molecule has 1 aromatic carbocycles. The maximum absolute atomic E-state index is 11.7. The Balaban J connectivity index is 0.00000180. The highest BCUT2D eigenvalue weighted by atomic mass is 79.9. The van der Waals surface area contributed by atoms with Crippen LogP contribution in [0.5, 0.6) is 0 Å². The molecule has 2 aliphatic carbocycles. The largest absolute Gasteiger partial charge is 1.00 e. The van der Waals surface area contributed by atoms with Crippen molar-refractivity contribution in [1.82, 2.24) is 0 Å². The van der Waals surface area contributed by atoms with Gasteiger partial charge < -0.3 is 31.3 Å². The van der Waals surface area contributed by atoms with Crippen LogP contribution in [-0.2, 0) is 10.3 Å². The number of ether oxygens (including phenoxy) is 1. The van der Waals surface area contributed by atoms with Crippen LogP contribution in [0, 0.1) is 11.8 Å². The van der Waals surface area contributed by atoms with Crippen molar-refractivity contribution in [2.24, 2.45) is 11.8 Å². The molecule has 2 atom stereocenters. The monoisotopic (exact) mass is 435 g/mol. The summed E-state index contributed by atoms with van der Waals surface area (Å²) in [5.41, 5.74) is 0.244. The number of hydrogen-bond acceptors (Lipinski definition) is 2. The second-order valence-electron chi connectivity index (χ2n) is 9.54. The van der Waals surface area contributed by atoms with Gasteiger partial charge in [0.1, 0.15) is 18.2 Å². The summed E-state index contributed by atoms with van der Waals surface area (Å²) in [5.74, 6) is 1.06. The van der Waals surface area contributed by atoms with Crippen molar-refractivity contribution in [3.05, 3.63) is 35.9 Å². The first kappa shape index (κ1) is 19.9. The summed E-state index contributed by atoms with van der Waals surface area (Å²) in [5, 5.41) is 11.7. The Morgan fingerprint density at radius 1 is 0.963 bits per heavy atom. The molecule has 0 radical (unpaired) electrons. The van der Waals surface area contributed by atoms with Crippen molar-refractivity contribution in [2.75, 3.05) is 26.2 Å². The lowest BCUT2D eigenvalue weighted by Crippen LogP contribution is -3.00. The summed E-state index contributed by atoms with van der Waals surface area (Å²) in [6, 6.07) is 11.3. The lowest BCUT2D eigenvalue weighted by atomic mass is 9.80. The van der Waals surface area contributed by atoms with Gasteiger partial charge in [-0.05, 0) is 24.3 Å². The average molecular weight is 436 g/mol. The van der Waals surface area contributed by atoms with Gasteiger partial charge in [0.15, 0.2) is 0 Å². The molecule has 5 aliphatic rings. The molecule has 0 spiro atoms. The van der Waals surface area contributed by atoms with Crippen LogP contribution >= 0.6 is 0 Å². The number of rotatable bonds is 6. The van der Waals surface area contributed by atoms with Gasteiger partial charge in [-0.2, -0.15) is 0 Å². The summed E-state index contributed by atoms with van der Waals surface area (Å²) in [6.07, 6.45) is 10.6. The fourth-order valence-electron chi connectivity index (χ4n) is 6.29. The van der Waals surface area contributed by atoms with Gasteiger partial charge in [0.25, 0.3) is 0 Å². The van der Waals surface area contributed by atoms with Crippen LogP contribution in [0.3, 0.4) is 0 Å². The highest BCUT2D eigenvalue weighted by Gasteiger charge is 2.54. The molecule has 1 aromatic rings. The SMILES string of the molecule is O[C@@](CO[C@H]1C[N+]2(C3CC3)CCC1CC2)(c1ccccc1)C1CCCC1.[Br-]. The Labute approximate surface area is 174 Å². The molecule has 0 amide bonds. The number of halogens is 1. The van der Waals surface area contributed by atoms with Gasteiger partial charge in [-0.25, -0.2) is 0 Å². The predicted molar refractivity (Wildman–Crippen MR) is 103 cm³/mol. The van der Waals surface area contributed by atoms with Crippen molar-refractivity contribution >= 4 is 0 Å². The normalized spacial score (nSPS) is 35.6. The first-order valence-corrected chi connectivity index (χ1v) is 10.9. The quantitative estimate of drug-likeness (QED) is 0.671. The molecular weight excluding hydrogens is 402 g/mol. The van der Waals surface area contributed by atoms with Gasteiger partial charge >= 0.3 is 0 Å². The summed E-state index contributed by atoms with van der Waals surface area (Å²) in [7, 11) is 0. The lowest BCUT2D eigenvalue weighted by Gasteiger charge is -2.53. The molecule has 0 unspecified atom stereocenters. The molecule has 2 saturated carbocycles. The Hall–Kier alpha value is -0.420. The number of aliphatic hydroxyl groups is 1. The molecular formula is C23H34BrNO2. The van der Waals surface area contributed by atoms with Crippen LogP contribution in [0.2, 0.25) is 0 Å². The zero-order valence-electron chi connectivity index (χ0n) is 16.4. The molecule has 3 aliphatic heterocycles. The lowest BCUT2D eigenvalue weighted by molar-refractivity contribution is -0.956. The fourth-order valence-corrected chi connectivity index (χ4v) is 6.29. The van der Waals surface area contributed by atoms with E-state index in [9.17, 15) is 5.11 Å². The van der Waals surface area contributed by atoms with Crippen LogP contribution in [-0.4, -0.2) is 48.0 Å². The Bertz CT molecular complexity index is 621. The van der Waals surface area contributed by atoms with Crippen molar-refractivity contribution in [2.45, 2.75) is 69.1 Å². The molecule has 3 nitrogen and oxygen atoms in total. The minimum Gasteiger partial charge on any atom is -1.00 e. The summed E-state index contributed by atoms with van der Waals surface area (Å²) < 4.78 is 7.91. The summed E-state index contributed by atoms with van der Waals surface area (Å²) >= 11 is 0. The Kier molecular flexibility index (Phi) is 5.73. The van der Waals surface area contributed by atoms with E-state index in [1.165, 1.54) is 62.6 Å². The van der Waals surface area contributed by atoms with E-state index in [2.05, 4.69) is 24.3 Å². The molecule has 150 valence electrons. The van der Waals surface area contributed by atoms with Crippen molar-refractivity contribution in [3.8, 4) is 0 Å². The summed E-state index contributed by atoms with van der Waals surface area (Å²) in [6.45, 7) is 4.43. The van der Waals surface area contributed by atoms with Crippen LogP contribution in [0.25, 0.3) is 0 Å². The number of quaternary nitrogens is 1. The standard InChI is InChI=1S/C23H34NO2.BrH/c25-23(20-8-4-5-9-20,19-6-2-1-3-7-19)17-26-22-16-24(21-10-11-21)14-12-18(22)13-15-24;/h1-3,6-7,18,20-22,25H,4-5,8-17H2;1H/q+1;/p-1/t18?,22-,23-,24?;/m0./s1. The molecule has 2 bridgehead atoms. The third-order valence-electron chi connectivity index (χ3n) is 8.10. The highest BCUT2D eigenvalue weighted by Crippen LogP contribution is 2.46. The second-order valence-corrected chi connectivity index (χ2v) is 9.54. The Morgan fingerprint density at radius 2 is 1.63 bits per heavy atom. The van der Waals surface area contributed by atoms with Crippen LogP contribution in [0.1, 0.15) is 56.9 Å². The van der Waals surface area contributed by atoms with E-state index in [4.69, 9.17) is 4.74 Å². The van der Waals surface area contributed by atoms with Crippen LogP contribution < -0.4 is 17.0 Å². The van der Waals surface area contributed by atoms with Gasteiger partial charge in [0, 0.05) is 31.6 Å². The minimum absolute atomic E-state index is 0. The number of piperidine rings is 3. The van der Waals surface area contributed by atoms with Crippen molar-refractivity contribution in [3.63, 3.8) is 0 Å². The van der Waals surface area contributed by atoms with Gasteiger partial charge in [-0.1, -0.05) is 43.2 Å².